The largest absolute Gasteiger partial charge is 0.418 e. The molecule has 2 aromatic rings. The Morgan fingerprint density at radius 1 is 1.24 bits per heavy atom. The van der Waals surface area contributed by atoms with Crippen LogP contribution in [0, 0.1) is 5.92 Å². The van der Waals surface area contributed by atoms with Gasteiger partial charge in [0.15, 0.2) is 0 Å². The molecule has 0 saturated carbocycles. The first-order chi connectivity index (χ1) is 15.5. The van der Waals surface area contributed by atoms with Crippen LogP contribution in [-0.2, 0) is 11.0 Å². The smallest absolute Gasteiger partial charge is 0.369 e. The number of pyridine rings is 1. The van der Waals surface area contributed by atoms with E-state index in [1.165, 1.54) is 6.20 Å². The van der Waals surface area contributed by atoms with Crippen molar-refractivity contribution in [2.45, 2.75) is 48.7 Å². The van der Waals surface area contributed by atoms with Crippen molar-refractivity contribution in [3.63, 3.8) is 0 Å². The predicted molar refractivity (Wildman–Crippen MR) is 133 cm³/mol. The number of benzene rings is 1. The quantitative estimate of drug-likeness (QED) is 0.418. The first kappa shape index (κ1) is 24.5. The zero-order valence-corrected chi connectivity index (χ0v) is 21.1. The third kappa shape index (κ3) is 5.90. The van der Waals surface area contributed by atoms with Gasteiger partial charge in [0.25, 0.3) is 0 Å². The Kier molecular flexibility index (Phi) is 7.10. The molecule has 1 aromatic carbocycles. The lowest BCUT2D eigenvalue weighted by Crippen LogP contribution is -2.53. The highest BCUT2D eigenvalue weighted by molar-refractivity contribution is 14.1. The highest BCUT2D eigenvalue weighted by Crippen LogP contribution is 2.38. The summed E-state index contributed by atoms with van der Waals surface area (Å²) in [6.07, 6.45) is -0.0659. The molecule has 2 fully saturated rings. The number of halogens is 4. The van der Waals surface area contributed by atoms with Crippen molar-refractivity contribution >= 4 is 45.1 Å². The summed E-state index contributed by atoms with van der Waals surface area (Å²) in [6.45, 7) is 7.89. The first-order valence-electron chi connectivity index (χ1n) is 11.4. The summed E-state index contributed by atoms with van der Waals surface area (Å²) in [7, 11) is 0. The van der Waals surface area contributed by atoms with Gasteiger partial charge in [-0.1, -0.05) is 36.4 Å². The molecule has 180 valence electrons. The molecule has 9 heteroatoms. The Bertz CT molecular complexity index is 1000. The van der Waals surface area contributed by atoms with Crippen molar-refractivity contribution in [2.75, 3.05) is 37.6 Å². The van der Waals surface area contributed by atoms with Crippen LogP contribution in [-0.4, -0.2) is 58.0 Å². The lowest BCUT2D eigenvalue weighted by atomic mass is 9.94. The molecule has 2 atom stereocenters. The summed E-state index contributed by atoms with van der Waals surface area (Å²) in [4.78, 5) is 21.1. The Morgan fingerprint density at radius 2 is 1.97 bits per heavy atom. The standard InChI is InChI=1S/C24H30F3IN4O/c1-16-12-17(30-21(33)15-31-10-7-23(2,28)8-11-31)14-32(13-16)20-6-5-19(24(25,26)27)22-18(20)4-3-9-29-22/h3-6,9,16-17H,7-8,10-15H2,1-2H3,(H,30,33)/t16-,17+/m0/s1. The van der Waals surface area contributed by atoms with E-state index in [1.54, 1.807) is 18.2 Å². The average molecular weight is 574 g/mol. The van der Waals surface area contributed by atoms with Gasteiger partial charge in [-0.15, -0.1) is 0 Å². The maximum absolute atomic E-state index is 13.5. The molecule has 1 aromatic heterocycles. The van der Waals surface area contributed by atoms with E-state index in [9.17, 15) is 18.0 Å². The van der Waals surface area contributed by atoms with Crippen molar-refractivity contribution in [3.8, 4) is 0 Å². The van der Waals surface area contributed by atoms with Gasteiger partial charge in [0.05, 0.1) is 17.6 Å². The Hall–Kier alpha value is -1.62. The van der Waals surface area contributed by atoms with Gasteiger partial charge in [-0.2, -0.15) is 13.2 Å². The Labute approximate surface area is 206 Å². The zero-order valence-electron chi connectivity index (χ0n) is 19.0. The van der Waals surface area contributed by atoms with E-state index >= 15 is 0 Å². The molecule has 0 spiro atoms. The summed E-state index contributed by atoms with van der Waals surface area (Å²) in [6, 6.07) is 5.97. The minimum absolute atomic E-state index is 0.0186. The van der Waals surface area contributed by atoms with Crippen LogP contribution in [0.4, 0.5) is 18.9 Å². The summed E-state index contributed by atoms with van der Waals surface area (Å²) < 4.78 is 40.8. The highest BCUT2D eigenvalue weighted by atomic mass is 127. The van der Waals surface area contributed by atoms with Crippen LogP contribution in [0.2, 0.25) is 0 Å². The number of alkyl halides is 4. The second kappa shape index (κ2) is 9.56. The molecule has 2 saturated heterocycles. The number of hydrogen-bond acceptors (Lipinski definition) is 4. The maximum atomic E-state index is 13.5. The molecule has 0 aliphatic carbocycles. The predicted octanol–water partition coefficient (Wildman–Crippen LogP) is 4.87. The highest BCUT2D eigenvalue weighted by Gasteiger charge is 2.35. The van der Waals surface area contributed by atoms with Crippen molar-refractivity contribution in [1.29, 1.82) is 0 Å². The van der Waals surface area contributed by atoms with Gasteiger partial charge in [0, 0.05) is 39.8 Å². The van der Waals surface area contributed by atoms with E-state index in [0.29, 0.717) is 27.8 Å². The number of anilines is 1. The summed E-state index contributed by atoms with van der Waals surface area (Å²) in [5.74, 6) is 0.317. The number of rotatable bonds is 4. The van der Waals surface area contributed by atoms with Crippen LogP contribution < -0.4 is 10.2 Å². The molecular formula is C24H30F3IN4O. The van der Waals surface area contributed by atoms with Crippen LogP contribution >= 0.6 is 22.6 Å². The van der Waals surface area contributed by atoms with Gasteiger partial charge < -0.3 is 10.2 Å². The minimum atomic E-state index is -4.46. The summed E-state index contributed by atoms with van der Waals surface area (Å²) in [5.41, 5.74) is -0.0242. The van der Waals surface area contributed by atoms with Crippen LogP contribution in [0.15, 0.2) is 30.5 Å². The molecule has 2 aliphatic rings. The first-order valence-corrected chi connectivity index (χ1v) is 12.5. The number of nitrogens with zero attached hydrogens (tertiary/aromatic N) is 3. The van der Waals surface area contributed by atoms with E-state index in [4.69, 9.17) is 0 Å². The number of likely N-dealkylation sites (tertiary alicyclic amines) is 1. The van der Waals surface area contributed by atoms with E-state index in [0.717, 1.165) is 50.7 Å². The lowest BCUT2D eigenvalue weighted by molar-refractivity contribution is -0.136. The third-order valence-electron chi connectivity index (χ3n) is 6.68. The molecule has 0 bridgehead atoms. The third-order valence-corrected chi connectivity index (χ3v) is 7.76. The number of carbonyl (C=O) groups is 1. The van der Waals surface area contributed by atoms with Gasteiger partial charge in [-0.25, -0.2) is 0 Å². The Balaban J connectivity index is 1.47. The number of aromatic nitrogens is 1. The summed E-state index contributed by atoms with van der Waals surface area (Å²) >= 11 is 2.50. The van der Waals surface area contributed by atoms with Crippen LogP contribution in [0.1, 0.15) is 38.7 Å². The van der Waals surface area contributed by atoms with E-state index in [1.807, 2.05) is 0 Å². The molecule has 3 heterocycles. The normalized spacial score (nSPS) is 24.1. The Morgan fingerprint density at radius 3 is 2.67 bits per heavy atom. The van der Waals surface area contributed by atoms with Crippen LogP contribution in [0.3, 0.4) is 0 Å². The number of fused-ring (bicyclic) bond motifs is 1. The molecule has 2 aliphatic heterocycles. The van der Waals surface area contributed by atoms with Crippen molar-refractivity contribution in [1.82, 2.24) is 15.2 Å². The van der Waals surface area contributed by atoms with E-state index in [-0.39, 0.29) is 17.5 Å². The number of carbonyl (C=O) groups excluding carboxylic acids is 1. The molecule has 0 radical (unpaired) electrons. The van der Waals surface area contributed by atoms with Crippen molar-refractivity contribution < 1.29 is 18.0 Å². The van der Waals surface area contributed by atoms with E-state index < -0.39 is 11.7 Å². The fourth-order valence-corrected chi connectivity index (χ4v) is 5.45. The summed E-state index contributed by atoms with van der Waals surface area (Å²) in [5, 5.41) is 3.67. The lowest BCUT2D eigenvalue weighted by Gasteiger charge is -2.39. The SMILES string of the molecule is C[C@H]1C[C@@H](NC(=O)CN2CCC(C)(I)CC2)CN(c2ccc(C(F)(F)F)c3ncccc23)C1. The topological polar surface area (TPSA) is 48.5 Å². The van der Waals surface area contributed by atoms with Crippen LogP contribution in [0.25, 0.3) is 10.9 Å². The zero-order chi connectivity index (χ0) is 23.8. The van der Waals surface area contributed by atoms with Gasteiger partial charge in [0.2, 0.25) is 5.91 Å². The number of hydrogen-bond donors (Lipinski definition) is 1. The van der Waals surface area contributed by atoms with Crippen LogP contribution in [0.5, 0.6) is 0 Å². The second-order valence-electron chi connectivity index (χ2n) is 9.73. The fraction of sp³-hybridized carbons (Fsp3) is 0.583. The van der Waals surface area contributed by atoms with Gasteiger partial charge >= 0.3 is 6.18 Å². The maximum Gasteiger partial charge on any atom is 0.418 e. The second-order valence-corrected chi connectivity index (χ2v) is 12.3. The van der Waals surface area contributed by atoms with Gasteiger partial charge in [-0.3, -0.25) is 14.7 Å². The molecule has 1 amide bonds. The fourth-order valence-electron chi connectivity index (χ4n) is 4.97. The molecule has 4 rings (SSSR count). The van der Waals surface area contributed by atoms with Gasteiger partial charge in [0.1, 0.15) is 0 Å². The average Bonchev–Trinajstić information content (AvgIpc) is 2.73. The van der Waals surface area contributed by atoms with E-state index in [2.05, 4.69) is 56.5 Å². The number of amides is 1. The van der Waals surface area contributed by atoms with Crippen molar-refractivity contribution in [3.05, 3.63) is 36.0 Å². The molecule has 5 nitrogen and oxygen atoms in total. The molecule has 33 heavy (non-hydrogen) atoms. The molecule has 1 N–H and O–H groups in total. The molecule has 0 unspecified atom stereocenters. The minimum Gasteiger partial charge on any atom is -0.369 e. The van der Waals surface area contributed by atoms with Gasteiger partial charge in [-0.05, 0) is 62.5 Å². The number of nitrogens with one attached hydrogen (secondary N) is 1. The monoisotopic (exact) mass is 574 g/mol. The molecular weight excluding hydrogens is 544 g/mol. The number of piperidine rings is 2. The van der Waals surface area contributed by atoms with Crippen molar-refractivity contribution in [2.24, 2.45) is 5.92 Å².